The zero-order valence-electron chi connectivity index (χ0n) is 11.5. The van der Waals surface area contributed by atoms with E-state index in [9.17, 15) is 9.36 Å². The van der Waals surface area contributed by atoms with E-state index < -0.39 is 19.6 Å². The first-order valence-electron chi connectivity index (χ1n) is 6.22. The number of carboxylic acid groups (broad SMARTS) is 1. The summed E-state index contributed by atoms with van der Waals surface area (Å²) in [6.07, 6.45) is 0.0959. The molecule has 1 unspecified atom stereocenters. The molecule has 1 atom stereocenters. The predicted molar refractivity (Wildman–Crippen MR) is 75.8 cm³/mol. The summed E-state index contributed by atoms with van der Waals surface area (Å²) in [5.74, 6) is -1.09. The van der Waals surface area contributed by atoms with Gasteiger partial charge in [0.05, 0.1) is 6.16 Å². The minimum atomic E-state index is -4.08. The molecule has 1 aromatic rings. The predicted octanol–water partition coefficient (Wildman–Crippen LogP) is 0.978. The first-order valence-corrected chi connectivity index (χ1v) is 8.02. The van der Waals surface area contributed by atoms with Crippen LogP contribution in [0.25, 0.3) is 0 Å². The van der Waals surface area contributed by atoms with Gasteiger partial charge in [-0.15, -0.1) is 0 Å². The SMILES string of the molecule is Cc1cc(C)c(CCP(=O)(O)O)c(CC(N)C(=O)O)c1. The van der Waals surface area contributed by atoms with Crippen molar-refractivity contribution in [3.05, 3.63) is 34.4 Å². The Hall–Kier alpha value is -1.20. The Morgan fingerprint density at radius 1 is 1.35 bits per heavy atom. The highest BCUT2D eigenvalue weighted by atomic mass is 31.2. The summed E-state index contributed by atoms with van der Waals surface area (Å²) in [5.41, 5.74) is 8.92. The van der Waals surface area contributed by atoms with Crippen LogP contribution in [0.2, 0.25) is 0 Å². The highest BCUT2D eigenvalue weighted by molar-refractivity contribution is 7.51. The molecular weight excluding hydrogens is 281 g/mol. The maximum Gasteiger partial charge on any atom is 0.325 e. The molecule has 1 aromatic carbocycles. The van der Waals surface area contributed by atoms with Gasteiger partial charge in [-0.2, -0.15) is 0 Å². The number of aliphatic carboxylic acids is 1. The number of rotatable bonds is 6. The second-order valence-corrected chi connectivity index (χ2v) is 6.78. The largest absolute Gasteiger partial charge is 0.480 e. The number of carboxylic acids is 1. The lowest BCUT2D eigenvalue weighted by Gasteiger charge is -2.16. The Bertz CT molecular complexity index is 552. The Morgan fingerprint density at radius 2 is 1.95 bits per heavy atom. The maximum atomic E-state index is 11.0. The van der Waals surface area contributed by atoms with Gasteiger partial charge in [-0.1, -0.05) is 17.7 Å². The van der Waals surface area contributed by atoms with E-state index in [1.54, 1.807) is 0 Å². The van der Waals surface area contributed by atoms with Crippen molar-refractivity contribution in [2.24, 2.45) is 5.73 Å². The van der Waals surface area contributed by atoms with Crippen LogP contribution in [0.4, 0.5) is 0 Å². The number of benzene rings is 1. The first kappa shape index (κ1) is 16.9. The summed E-state index contributed by atoms with van der Waals surface area (Å²) in [5, 5.41) is 8.88. The summed E-state index contributed by atoms with van der Waals surface area (Å²) < 4.78 is 11.0. The van der Waals surface area contributed by atoms with Gasteiger partial charge in [-0.3, -0.25) is 9.36 Å². The second-order valence-electron chi connectivity index (χ2n) is 5.01. The third-order valence-corrected chi connectivity index (χ3v) is 3.93. The summed E-state index contributed by atoms with van der Waals surface area (Å²) in [7, 11) is -4.08. The van der Waals surface area contributed by atoms with Gasteiger partial charge >= 0.3 is 13.6 Å². The topological polar surface area (TPSA) is 121 Å². The molecule has 0 aliphatic rings. The third kappa shape index (κ3) is 5.06. The molecular formula is C13H20NO5P. The van der Waals surface area contributed by atoms with Gasteiger partial charge in [-0.05, 0) is 43.4 Å². The van der Waals surface area contributed by atoms with Crippen LogP contribution >= 0.6 is 7.60 Å². The molecule has 0 aliphatic heterocycles. The lowest BCUT2D eigenvalue weighted by Crippen LogP contribution is -2.32. The lowest BCUT2D eigenvalue weighted by molar-refractivity contribution is -0.138. The molecule has 0 aliphatic carbocycles. The molecule has 0 amide bonds. The highest BCUT2D eigenvalue weighted by Crippen LogP contribution is 2.36. The number of carbonyl (C=O) groups is 1. The number of hydrogen-bond acceptors (Lipinski definition) is 3. The molecule has 0 saturated carbocycles. The smallest absolute Gasteiger partial charge is 0.325 e. The normalized spacial score (nSPS) is 13.2. The monoisotopic (exact) mass is 301 g/mol. The molecule has 1 rings (SSSR count). The van der Waals surface area contributed by atoms with Gasteiger partial charge in [0.25, 0.3) is 0 Å². The average molecular weight is 301 g/mol. The summed E-state index contributed by atoms with van der Waals surface area (Å²) >= 11 is 0. The van der Waals surface area contributed by atoms with Crippen molar-refractivity contribution in [2.75, 3.05) is 6.16 Å². The van der Waals surface area contributed by atoms with Crippen LogP contribution in [-0.2, 0) is 22.2 Å². The van der Waals surface area contributed by atoms with Gasteiger partial charge in [0.15, 0.2) is 0 Å². The maximum absolute atomic E-state index is 11.0. The lowest BCUT2D eigenvalue weighted by atomic mass is 9.93. The van der Waals surface area contributed by atoms with Gasteiger partial charge < -0.3 is 20.6 Å². The van der Waals surface area contributed by atoms with E-state index in [1.165, 1.54) is 0 Å². The van der Waals surface area contributed by atoms with Crippen LogP contribution in [0.3, 0.4) is 0 Å². The fraction of sp³-hybridized carbons (Fsp3) is 0.462. The van der Waals surface area contributed by atoms with Crippen LogP contribution < -0.4 is 5.73 Å². The van der Waals surface area contributed by atoms with Crippen molar-refractivity contribution in [1.29, 1.82) is 0 Å². The van der Waals surface area contributed by atoms with Crippen LogP contribution in [0, 0.1) is 13.8 Å². The van der Waals surface area contributed by atoms with Crippen LogP contribution in [-0.4, -0.2) is 33.1 Å². The third-order valence-electron chi connectivity index (χ3n) is 3.12. The van der Waals surface area contributed by atoms with Crippen molar-refractivity contribution in [1.82, 2.24) is 0 Å². The molecule has 0 spiro atoms. The Morgan fingerprint density at radius 3 is 2.45 bits per heavy atom. The van der Waals surface area contributed by atoms with Crippen LogP contribution in [0.1, 0.15) is 22.3 Å². The Balaban J connectivity index is 3.07. The fourth-order valence-electron chi connectivity index (χ4n) is 2.21. The van der Waals surface area contributed by atoms with Crippen molar-refractivity contribution in [3.63, 3.8) is 0 Å². The van der Waals surface area contributed by atoms with Gasteiger partial charge in [0.1, 0.15) is 6.04 Å². The van der Waals surface area contributed by atoms with Gasteiger partial charge in [0, 0.05) is 0 Å². The molecule has 20 heavy (non-hydrogen) atoms. The van der Waals surface area contributed by atoms with Gasteiger partial charge in [0.2, 0.25) is 0 Å². The molecule has 0 saturated heterocycles. The minimum Gasteiger partial charge on any atom is -0.480 e. The first-order chi connectivity index (χ1) is 9.10. The number of nitrogens with two attached hydrogens (primary N) is 1. The molecule has 7 heteroatoms. The van der Waals surface area contributed by atoms with E-state index in [1.807, 2.05) is 26.0 Å². The standard InChI is InChI=1S/C13H20NO5P/c1-8-5-9(2)11(3-4-20(17,18)19)10(6-8)7-12(14)13(15)16/h5-6,12H,3-4,7,14H2,1-2H3,(H,15,16)(H2,17,18,19). The van der Waals surface area contributed by atoms with Crippen LogP contribution in [0.15, 0.2) is 12.1 Å². The summed E-state index contributed by atoms with van der Waals surface area (Å²) in [6.45, 7) is 3.73. The van der Waals surface area contributed by atoms with E-state index in [2.05, 4.69) is 0 Å². The molecule has 0 bridgehead atoms. The Kier molecular flexibility index (Phi) is 5.48. The van der Waals surface area contributed by atoms with Crippen molar-refractivity contribution in [3.8, 4) is 0 Å². The highest BCUT2D eigenvalue weighted by Gasteiger charge is 2.19. The zero-order chi connectivity index (χ0) is 15.5. The number of hydrogen-bond donors (Lipinski definition) is 4. The molecule has 0 fully saturated rings. The Labute approximate surface area is 117 Å². The zero-order valence-corrected chi connectivity index (χ0v) is 12.4. The summed E-state index contributed by atoms with van der Waals surface area (Å²) in [4.78, 5) is 28.8. The molecule has 6 nitrogen and oxygen atoms in total. The molecule has 112 valence electrons. The summed E-state index contributed by atoms with van der Waals surface area (Å²) in [6, 6.07) is 2.71. The van der Waals surface area contributed by atoms with E-state index in [4.69, 9.17) is 20.6 Å². The van der Waals surface area contributed by atoms with E-state index >= 15 is 0 Å². The molecule has 0 aromatic heterocycles. The molecule has 5 N–H and O–H groups in total. The van der Waals surface area contributed by atoms with Crippen LogP contribution in [0.5, 0.6) is 0 Å². The van der Waals surface area contributed by atoms with Gasteiger partial charge in [-0.25, -0.2) is 0 Å². The van der Waals surface area contributed by atoms with Crippen molar-refractivity contribution in [2.45, 2.75) is 32.7 Å². The second kappa shape index (κ2) is 6.50. The molecule has 0 heterocycles. The minimum absolute atomic E-state index is 0.147. The number of aryl methyl sites for hydroxylation is 2. The van der Waals surface area contributed by atoms with Crippen molar-refractivity contribution < 1.29 is 24.3 Å². The fourth-order valence-corrected chi connectivity index (χ4v) is 2.72. The van der Waals surface area contributed by atoms with E-state index in [-0.39, 0.29) is 19.0 Å². The molecule has 0 radical (unpaired) electrons. The average Bonchev–Trinajstić information content (AvgIpc) is 2.25. The van der Waals surface area contributed by atoms with E-state index in [0.717, 1.165) is 22.3 Å². The van der Waals surface area contributed by atoms with Crippen molar-refractivity contribution >= 4 is 13.6 Å². The quantitative estimate of drug-likeness (QED) is 0.581. The van der Waals surface area contributed by atoms with E-state index in [0.29, 0.717) is 0 Å².